The van der Waals surface area contributed by atoms with Gasteiger partial charge in [-0.1, -0.05) is 37.5 Å². The Hall–Kier alpha value is -1.88. The van der Waals surface area contributed by atoms with Crippen LogP contribution in [-0.2, 0) is 14.3 Å². The number of nitrogens with one attached hydrogen (secondary N) is 1. The molecule has 0 aromatic heterocycles. The molecule has 5 nitrogen and oxygen atoms in total. The van der Waals surface area contributed by atoms with Crippen molar-refractivity contribution in [2.75, 3.05) is 18.5 Å². The Morgan fingerprint density at radius 2 is 1.91 bits per heavy atom. The maximum atomic E-state index is 12.3. The highest BCUT2D eigenvalue weighted by Crippen LogP contribution is 2.27. The summed E-state index contributed by atoms with van der Waals surface area (Å²) in [6, 6.07) is 9.30. The lowest BCUT2D eigenvalue weighted by Gasteiger charge is -2.41. The Kier molecular flexibility index (Phi) is 5.28. The summed E-state index contributed by atoms with van der Waals surface area (Å²) in [4.78, 5) is 26.7. The molecule has 0 spiro atoms. The van der Waals surface area contributed by atoms with E-state index in [0.29, 0.717) is 12.6 Å². The first-order chi connectivity index (χ1) is 11.2. The summed E-state index contributed by atoms with van der Waals surface area (Å²) in [5.41, 5.74) is 0.755. The smallest absolute Gasteiger partial charge is 0.323 e. The molecule has 124 valence electrons. The molecule has 0 radical (unpaired) electrons. The number of para-hydroxylation sites is 1. The van der Waals surface area contributed by atoms with Gasteiger partial charge in [-0.05, 0) is 25.0 Å². The van der Waals surface area contributed by atoms with E-state index in [1.165, 1.54) is 19.3 Å². The molecule has 1 heterocycles. The number of carbonyl (C=O) groups excluding carboxylic acids is 2. The SMILES string of the molecule is O=C(C[C@@H]1C(=O)OCCN1C1CCCCC1)Nc1ccccc1. The summed E-state index contributed by atoms with van der Waals surface area (Å²) in [6.07, 6.45) is 6.07. The van der Waals surface area contributed by atoms with Crippen molar-refractivity contribution in [2.24, 2.45) is 0 Å². The topological polar surface area (TPSA) is 58.6 Å². The Bertz CT molecular complexity index is 540. The lowest BCUT2D eigenvalue weighted by molar-refractivity contribution is -0.161. The van der Waals surface area contributed by atoms with E-state index in [2.05, 4.69) is 10.2 Å². The molecule has 1 aromatic carbocycles. The highest BCUT2D eigenvalue weighted by atomic mass is 16.5. The third-order valence-electron chi connectivity index (χ3n) is 4.75. The molecule has 2 aliphatic rings. The number of esters is 1. The van der Waals surface area contributed by atoms with Gasteiger partial charge in [-0.3, -0.25) is 14.5 Å². The average Bonchev–Trinajstić information content (AvgIpc) is 2.58. The second-order valence-electron chi connectivity index (χ2n) is 6.33. The van der Waals surface area contributed by atoms with Gasteiger partial charge in [0.05, 0.1) is 6.42 Å². The first-order valence-electron chi connectivity index (χ1n) is 8.51. The van der Waals surface area contributed by atoms with Gasteiger partial charge < -0.3 is 10.1 Å². The van der Waals surface area contributed by atoms with Crippen LogP contribution in [0.3, 0.4) is 0 Å². The minimum Gasteiger partial charge on any atom is -0.463 e. The fourth-order valence-corrected chi connectivity index (χ4v) is 3.60. The third kappa shape index (κ3) is 4.10. The summed E-state index contributed by atoms with van der Waals surface area (Å²) in [6.45, 7) is 1.17. The van der Waals surface area contributed by atoms with E-state index in [1.807, 2.05) is 30.3 Å². The zero-order chi connectivity index (χ0) is 16.1. The molecule has 1 aromatic rings. The molecule has 0 unspecified atom stereocenters. The van der Waals surface area contributed by atoms with Crippen LogP contribution in [0.5, 0.6) is 0 Å². The third-order valence-corrected chi connectivity index (χ3v) is 4.75. The monoisotopic (exact) mass is 316 g/mol. The van der Waals surface area contributed by atoms with Gasteiger partial charge in [0.1, 0.15) is 12.6 Å². The van der Waals surface area contributed by atoms with E-state index in [4.69, 9.17) is 4.74 Å². The Morgan fingerprint density at radius 1 is 1.17 bits per heavy atom. The Morgan fingerprint density at radius 3 is 2.65 bits per heavy atom. The lowest BCUT2D eigenvalue weighted by Crippen LogP contribution is -2.54. The number of hydrogen-bond donors (Lipinski definition) is 1. The molecule has 23 heavy (non-hydrogen) atoms. The Balaban J connectivity index is 1.64. The molecule has 1 aliphatic heterocycles. The summed E-state index contributed by atoms with van der Waals surface area (Å²) in [7, 11) is 0. The van der Waals surface area contributed by atoms with Crippen LogP contribution in [0.1, 0.15) is 38.5 Å². The quantitative estimate of drug-likeness (QED) is 0.867. The number of morpholine rings is 1. The molecular formula is C18H24N2O3. The van der Waals surface area contributed by atoms with Crippen molar-refractivity contribution in [3.63, 3.8) is 0 Å². The molecular weight excluding hydrogens is 292 g/mol. The maximum absolute atomic E-state index is 12.3. The first kappa shape index (κ1) is 16.0. The van der Waals surface area contributed by atoms with Crippen LogP contribution in [-0.4, -0.2) is 42.0 Å². The minimum atomic E-state index is -0.449. The van der Waals surface area contributed by atoms with E-state index < -0.39 is 6.04 Å². The van der Waals surface area contributed by atoms with Crippen LogP contribution in [0.25, 0.3) is 0 Å². The fraction of sp³-hybridized carbons (Fsp3) is 0.556. The number of ether oxygens (including phenoxy) is 1. The zero-order valence-corrected chi connectivity index (χ0v) is 13.4. The molecule has 1 saturated carbocycles. The van der Waals surface area contributed by atoms with Crippen LogP contribution in [0, 0.1) is 0 Å². The maximum Gasteiger partial charge on any atom is 0.323 e. The summed E-state index contributed by atoms with van der Waals surface area (Å²) in [5.74, 6) is -0.397. The van der Waals surface area contributed by atoms with Crippen molar-refractivity contribution in [1.82, 2.24) is 4.90 Å². The number of carbonyl (C=O) groups is 2. The van der Waals surface area contributed by atoms with Gasteiger partial charge in [-0.25, -0.2) is 0 Å². The summed E-state index contributed by atoms with van der Waals surface area (Å²) >= 11 is 0. The lowest BCUT2D eigenvalue weighted by atomic mass is 9.92. The van der Waals surface area contributed by atoms with E-state index >= 15 is 0 Å². The van der Waals surface area contributed by atoms with E-state index in [0.717, 1.165) is 25.1 Å². The Labute approximate surface area is 137 Å². The molecule has 1 saturated heterocycles. The van der Waals surface area contributed by atoms with Crippen molar-refractivity contribution in [2.45, 2.75) is 50.6 Å². The van der Waals surface area contributed by atoms with Crippen LogP contribution in [0.2, 0.25) is 0 Å². The molecule has 1 amide bonds. The first-order valence-corrected chi connectivity index (χ1v) is 8.51. The van der Waals surface area contributed by atoms with Gasteiger partial charge in [0.15, 0.2) is 0 Å². The number of hydrogen-bond acceptors (Lipinski definition) is 4. The van der Waals surface area contributed by atoms with Crippen molar-refractivity contribution in [3.8, 4) is 0 Å². The van der Waals surface area contributed by atoms with Crippen molar-refractivity contribution < 1.29 is 14.3 Å². The minimum absolute atomic E-state index is 0.138. The number of nitrogens with zero attached hydrogens (tertiary/aromatic N) is 1. The van der Waals surface area contributed by atoms with Gasteiger partial charge in [0, 0.05) is 18.3 Å². The van der Waals surface area contributed by atoms with E-state index in [-0.39, 0.29) is 18.3 Å². The normalized spacial score (nSPS) is 23.3. The standard InChI is InChI=1S/C18H24N2O3/c21-17(19-14-7-3-1-4-8-14)13-16-18(22)23-12-11-20(16)15-9-5-2-6-10-15/h1,3-4,7-8,15-16H,2,5-6,9-13H2,(H,19,21)/t16-/m1/s1. The van der Waals surface area contributed by atoms with E-state index in [9.17, 15) is 9.59 Å². The van der Waals surface area contributed by atoms with E-state index in [1.54, 1.807) is 0 Å². The van der Waals surface area contributed by atoms with Crippen LogP contribution < -0.4 is 5.32 Å². The molecule has 0 bridgehead atoms. The number of amides is 1. The zero-order valence-electron chi connectivity index (χ0n) is 13.4. The highest BCUT2D eigenvalue weighted by molar-refractivity contribution is 5.94. The number of benzene rings is 1. The van der Waals surface area contributed by atoms with Crippen LogP contribution in [0.4, 0.5) is 5.69 Å². The predicted molar refractivity (Wildman–Crippen MR) is 88.0 cm³/mol. The van der Waals surface area contributed by atoms with Crippen molar-refractivity contribution in [1.29, 1.82) is 0 Å². The molecule has 1 N–H and O–H groups in total. The van der Waals surface area contributed by atoms with Gasteiger partial charge in [-0.15, -0.1) is 0 Å². The van der Waals surface area contributed by atoms with Crippen molar-refractivity contribution >= 4 is 17.6 Å². The number of rotatable bonds is 4. The van der Waals surface area contributed by atoms with Gasteiger partial charge in [0.2, 0.25) is 5.91 Å². The second-order valence-corrected chi connectivity index (χ2v) is 6.33. The largest absolute Gasteiger partial charge is 0.463 e. The van der Waals surface area contributed by atoms with Gasteiger partial charge in [-0.2, -0.15) is 0 Å². The van der Waals surface area contributed by atoms with Crippen molar-refractivity contribution in [3.05, 3.63) is 30.3 Å². The molecule has 1 aliphatic carbocycles. The second kappa shape index (κ2) is 7.59. The molecule has 2 fully saturated rings. The van der Waals surface area contributed by atoms with Crippen LogP contribution in [0.15, 0.2) is 30.3 Å². The molecule has 1 atom stereocenters. The van der Waals surface area contributed by atoms with Gasteiger partial charge >= 0.3 is 5.97 Å². The number of anilines is 1. The van der Waals surface area contributed by atoms with Gasteiger partial charge in [0.25, 0.3) is 0 Å². The van der Waals surface area contributed by atoms with Crippen LogP contribution >= 0.6 is 0 Å². The summed E-state index contributed by atoms with van der Waals surface area (Å²) in [5, 5.41) is 2.86. The summed E-state index contributed by atoms with van der Waals surface area (Å²) < 4.78 is 5.20. The average molecular weight is 316 g/mol. The predicted octanol–water partition coefficient (Wildman–Crippen LogP) is 2.58. The fourth-order valence-electron chi connectivity index (χ4n) is 3.60. The number of cyclic esters (lactones) is 1. The molecule has 3 rings (SSSR count). The highest BCUT2D eigenvalue weighted by Gasteiger charge is 2.37. The molecule has 5 heteroatoms.